The van der Waals surface area contributed by atoms with Crippen LogP contribution in [0.15, 0.2) is 42.0 Å². The summed E-state index contributed by atoms with van der Waals surface area (Å²) in [5.74, 6) is -0.454. The fraction of sp³-hybridized carbons (Fsp3) is 0. The number of nitrogens with zero attached hydrogens (tertiary/aromatic N) is 1. The highest BCUT2D eigenvalue weighted by Gasteiger charge is 2.03. The number of amides is 1. The molecule has 0 radical (unpaired) electrons. The van der Waals surface area contributed by atoms with Gasteiger partial charge in [-0.05, 0) is 12.3 Å². The summed E-state index contributed by atoms with van der Waals surface area (Å²) >= 11 is 0. The third-order valence-corrected chi connectivity index (χ3v) is 1.04. The maximum Gasteiger partial charge on any atom is 0.276 e. The normalized spacial score (nSPS) is 7.27. The van der Waals surface area contributed by atoms with Crippen molar-refractivity contribution in [3.63, 3.8) is 0 Å². The zero-order chi connectivity index (χ0) is 8.15. The van der Waals surface area contributed by atoms with Crippen LogP contribution in [0.5, 0.6) is 0 Å². The molecule has 2 nitrogen and oxygen atoms in total. The van der Waals surface area contributed by atoms with Crippen molar-refractivity contribution in [2.24, 2.45) is 4.99 Å². The van der Waals surface area contributed by atoms with E-state index in [0.29, 0.717) is 5.57 Å². The summed E-state index contributed by atoms with van der Waals surface area (Å²) in [4.78, 5) is 13.8. The molecule has 0 unspecified atom stereocenters. The highest BCUT2D eigenvalue weighted by molar-refractivity contribution is 6.00. The molecule has 60 valence electrons. The van der Waals surface area contributed by atoms with Gasteiger partial charge in [0.15, 0.2) is 0 Å². The largest absolute Gasteiger partial charge is 0.276 e. The fourth-order valence-electron chi connectivity index (χ4n) is 0.356. The van der Waals surface area contributed by atoms with Gasteiger partial charge >= 0.3 is 0 Å². The van der Waals surface area contributed by atoms with Gasteiger partial charge < -0.3 is 0 Å². The molecule has 0 saturated carbocycles. The lowest BCUT2D eigenvalue weighted by Crippen LogP contribution is -1.96. The first-order chi connectivity index (χ1) is 4.63. The number of carbonyl (C=O) groups is 1. The van der Waals surface area contributed by atoms with Crippen molar-refractivity contribution in [1.82, 2.24) is 0 Å². The summed E-state index contributed by atoms with van der Waals surface area (Å²) in [5, 5.41) is 0. The van der Waals surface area contributed by atoms with E-state index in [1.54, 1.807) is 0 Å². The molecule has 0 aromatic rings. The highest BCUT2D eigenvalue weighted by atomic mass is 35.5. The summed E-state index contributed by atoms with van der Waals surface area (Å²) in [6.07, 6.45) is 1.45. The van der Waals surface area contributed by atoms with Gasteiger partial charge in [0.05, 0.1) is 0 Å². The van der Waals surface area contributed by atoms with Crippen LogP contribution in [0.3, 0.4) is 0 Å². The zero-order valence-corrected chi connectivity index (χ0v) is 6.99. The molecule has 11 heavy (non-hydrogen) atoms. The van der Waals surface area contributed by atoms with Crippen LogP contribution < -0.4 is 0 Å². The van der Waals surface area contributed by atoms with Crippen LogP contribution in [-0.4, -0.2) is 12.6 Å². The minimum absolute atomic E-state index is 0. The molecule has 0 rings (SSSR count). The molecule has 0 aliphatic rings. The Balaban J connectivity index is 0. The number of allylic oxidation sites excluding steroid dienone is 1. The molecule has 0 saturated heterocycles. The molecule has 0 fully saturated rings. The van der Waals surface area contributed by atoms with Crippen molar-refractivity contribution in [1.29, 1.82) is 0 Å². The van der Waals surface area contributed by atoms with Crippen LogP contribution in [0.1, 0.15) is 0 Å². The molecular weight excluding hydrogens is 162 g/mol. The maximum atomic E-state index is 10.7. The molecule has 0 bridgehead atoms. The molecule has 0 atom stereocenters. The first-order valence-electron chi connectivity index (χ1n) is 2.65. The van der Waals surface area contributed by atoms with Gasteiger partial charge in [-0.2, -0.15) is 0 Å². The van der Waals surface area contributed by atoms with Crippen molar-refractivity contribution in [3.8, 4) is 0 Å². The number of hydrogen-bond donors (Lipinski definition) is 0. The van der Waals surface area contributed by atoms with Crippen molar-refractivity contribution in [2.75, 3.05) is 0 Å². The van der Waals surface area contributed by atoms with Crippen LogP contribution in [-0.2, 0) is 4.79 Å². The highest BCUT2D eigenvalue weighted by Crippen LogP contribution is 2.06. The van der Waals surface area contributed by atoms with Gasteiger partial charge in [-0.3, -0.25) is 4.79 Å². The zero-order valence-electron chi connectivity index (χ0n) is 6.17. The predicted molar refractivity (Wildman–Crippen MR) is 50.3 cm³/mol. The first-order valence-corrected chi connectivity index (χ1v) is 2.65. The number of carbonyl (C=O) groups excluding carboxylic acids is 1. The number of hydrogen-bond acceptors (Lipinski definition) is 1. The smallest absolute Gasteiger partial charge is 0.267 e. The Morgan fingerprint density at radius 3 is 2.09 bits per heavy atom. The van der Waals surface area contributed by atoms with Gasteiger partial charge in [0.25, 0.3) is 5.91 Å². The molecule has 0 aromatic carbocycles. The lowest BCUT2D eigenvalue weighted by atomic mass is 10.1. The van der Waals surface area contributed by atoms with E-state index in [1.807, 2.05) is 0 Å². The number of rotatable bonds is 3. The molecule has 1 amide bonds. The maximum absolute atomic E-state index is 10.7. The van der Waals surface area contributed by atoms with E-state index >= 15 is 0 Å². The number of halogens is 1. The quantitative estimate of drug-likeness (QED) is 0.363. The minimum Gasteiger partial charge on any atom is -0.267 e. The lowest BCUT2D eigenvalue weighted by Gasteiger charge is -1.96. The Hall–Kier alpha value is -1.15. The van der Waals surface area contributed by atoms with E-state index in [1.165, 1.54) is 6.08 Å². The van der Waals surface area contributed by atoms with Crippen LogP contribution >= 0.6 is 12.4 Å². The molecule has 0 aliphatic carbocycles. The van der Waals surface area contributed by atoms with E-state index in [-0.39, 0.29) is 18.0 Å². The third kappa shape index (κ3) is 3.53. The van der Waals surface area contributed by atoms with Crippen LogP contribution in [0.2, 0.25) is 0 Å². The summed E-state index contributed by atoms with van der Waals surface area (Å²) < 4.78 is 0. The van der Waals surface area contributed by atoms with Gasteiger partial charge in [0, 0.05) is 5.57 Å². The first kappa shape index (κ1) is 12.5. The van der Waals surface area contributed by atoms with E-state index in [2.05, 4.69) is 31.4 Å². The second-order valence-corrected chi connectivity index (χ2v) is 1.67. The van der Waals surface area contributed by atoms with Gasteiger partial charge in [0.2, 0.25) is 0 Å². The molecule has 0 spiro atoms. The van der Waals surface area contributed by atoms with Gasteiger partial charge in [-0.25, -0.2) is 4.99 Å². The minimum atomic E-state index is -0.454. The fourth-order valence-corrected chi connectivity index (χ4v) is 0.356. The second-order valence-electron chi connectivity index (χ2n) is 1.67. The Morgan fingerprint density at radius 2 is 1.82 bits per heavy atom. The van der Waals surface area contributed by atoms with Crippen molar-refractivity contribution >= 4 is 25.0 Å². The average Bonchev–Trinajstić information content (AvgIpc) is 2.00. The van der Waals surface area contributed by atoms with E-state index < -0.39 is 5.91 Å². The summed E-state index contributed by atoms with van der Waals surface area (Å²) in [5.41, 5.74) is 0.724. The van der Waals surface area contributed by atoms with E-state index in [0.717, 1.165) is 0 Å². The summed E-state index contributed by atoms with van der Waals surface area (Å²) in [7, 11) is 0. The average molecular weight is 172 g/mol. The predicted octanol–water partition coefficient (Wildman–Crippen LogP) is 1.93. The molecular formula is C8H10ClNO. The Kier molecular flexibility index (Phi) is 6.40. The Bertz CT molecular complexity index is 196. The third-order valence-electron chi connectivity index (χ3n) is 1.04. The number of aliphatic imine (C=N–C) groups is 1. The summed E-state index contributed by atoms with van der Waals surface area (Å²) in [6, 6.07) is 0. The standard InChI is InChI=1S/C8H9NO.ClH/c1-5-6(2)7(3)8(10)9-4;/h5H,1-4H2;1H. The summed E-state index contributed by atoms with van der Waals surface area (Å²) in [6.45, 7) is 13.4. The molecule has 0 aromatic heterocycles. The van der Waals surface area contributed by atoms with Crippen molar-refractivity contribution in [2.45, 2.75) is 0 Å². The molecule has 0 heterocycles. The van der Waals surface area contributed by atoms with Crippen LogP contribution in [0, 0.1) is 0 Å². The van der Waals surface area contributed by atoms with Gasteiger partial charge in [-0.15, -0.1) is 12.4 Å². The van der Waals surface area contributed by atoms with Crippen molar-refractivity contribution < 1.29 is 4.79 Å². The van der Waals surface area contributed by atoms with Crippen molar-refractivity contribution in [3.05, 3.63) is 37.0 Å². The molecule has 0 N–H and O–H groups in total. The lowest BCUT2D eigenvalue weighted by molar-refractivity contribution is -0.114. The Labute approximate surface area is 72.4 Å². The second kappa shape index (κ2) is 5.62. The Morgan fingerprint density at radius 1 is 1.36 bits per heavy atom. The SMILES string of the molecule is C=CC(=C)C(=C)C(=O)N=C.Cl. The van der Waals surface area contributed by atoms with Crippen LogP contribution in [0.25, 0.3) is 0 Å². The molecule has 3 heteroatoms. The van der Waals surface area contributed by atoms with Gasteiger partial charge in [-0.1, -0.05) is 25.8 Å². The monoisotopic (exact) mass is 171 g/mol. The molecule has 0 aliphatic heterocycles. The van der Waals surface area contributed by atoms with E-state index in [9.17, 15) is 4.79 Å². The van der Waals surface area contributed by atoms with E-state index in [4.69, 9.17) is 0 Å². The topological polar surface area (TPSA) is 29.4 Å². The van der Waals surface area contributed by atoms with Gasteiger partial charge in [0.1, 0.15) is 0 Å². The van der Waals surface area contributed by atoms with Crippen LogP contribution in [0.4, 0.5) is 0 Å².